The van der Waals surface area contributed by atoms with Crippen LogP contribution in [0.5, 0.6) is 0 Å². The van der Waals surface area contributed by atoms with Crippen LogP contribution in [0.3, 0.4) is 0 Å². The van der Waals surface area contributed by atoms with Gasteiger partial charge >= 0.3 is 0 Å². The summed E-state index contributed by atoms with van der Waals surface area (Å²) in [6, 6.07) is 7.87. The Morgan fingerprint density at radius 3 is 2.81 bits per heavy atom. The van der Waals surface area contributed by atoms with Gasteiger partial charge in [-0.2, -0.15) is 0 Å². The molecule has 1 atom stereocenters. The third-order valence-corrected chi connectivity index (χ3v) is 3.95. The number of carbonyl (C=O) groups is 1. The maximum Gasteiger partial charge on any atom is 0.256 e. The van der Waals surface area contributed by atoms with Gasteiger partial charge in [0.1, 0.15) is 0 Å². The first kappa shape index (κ1) is 15.8. The van der Waals surface area contributed by atoms with Crippen LogP contribution in [0.25, 0.3) is 0 Å². The van der Waals surface area contributed by atoms with E-state index in [0.717, 1.165) is 37.9 Å². The minimum Gasteiger partial charge on any atom is -0.394 e. The quantitative estimate of drug-likeness (QED) is 0.896. The zero-order valence-electron chi connectivity index (χ0n) is 13.0. The van der Waals surface area contributed by atoms with E-state index in [1.165, 1.54) is 0 Å². The van der Waals surface area contributed by atoms with E-state index in [0.29, 0.717) is 5.56 Å². The maximum absolute atomic E-state index is 12.9. The van der Waals surface area contributed by atoms with E-state index in [1.54, 1.807) is 0 Å². The van der Waals surface area contributed by atoms with Crippen LogP contribution in [-0.4, -0.2) is 41.1 Å². The Labute approximate surface area is 127 Å². The minimum atomic E-state index is -0.0490. The van der Waals surface area contributed by atoms with Crippen LogP contribution in [0, 0.1) is 0 Å². The lowest BCUT2D eigenvalue weighted by Gasteiger charge is -2.29. The number of para-hydroxylation sites is 1. The lowest BCUT2D eigenvalue weighted by Crippen LogP contribution is -2.42. The molecule has 4 heteroatoms. The summed E-state index contributed by atoms with van der Waals surface area (Å²) in [5.74, 6) is 0.0275. The first-order chi connectivity index (χ1) is 10.1. The third kappa shape index (κ3) is 3.97. The highest BCUT2D eigenvalue weighted by Gasteiger charge is 2.27. The molecule has 116 valence electrons. The molecule has 1 heterocycles. The fourth-order valence-electron chi connectivity index (χ4n) is 2.90. The average Bonchev–Trinajstić information content (AvgIpc) is 2.71. The first-order valence-corrected chi connectivity index (χ1v) is 7.91. The van der Waals surface area contributed by atoms with E-state index >= 15 is 0 Å². The molecule has 1 aliphatic heterocycles. The molecular formula is C17H26N2O2. The number of aliphatic hydroxyl groups excluding tert-OH is 1. The van der Waals surface area contributed by atoms with E-state index in [2.05, 4.69) is 19.2 Å². The molecule has 0 radical (unpaired) electrons. The van der Waals surface area contributed by atoms with Crippen LogP contribution in [0.2, 0.25) is 0 Å². The van der Waals surface area contributed by atoms with Crippen LogP contribution in [0.4, 0.5) is 5.69 Å². The van der Waals surface area contributed by atoms with Gasteiger partial charge in [0, 0.05) is 18.3 Å². The van der Waals surface area contributed by atoms with Crippen molar-refractivity contribution in [3.05, 3.63) is 29.8 Å². The van der Waals surface area contributed by atoms with Crippen molar-refractivity contribution in [3.63, 3.8) is 0 Å². The molecule has 1 unspecified atom stereocenters. The maximum atomic E-state index is 12.9. The number of rotatable bonds is 4. The molecule has 0 aromatic heterocycles. The van der Waals surface area contributed by atoms with Crippen molar-refractivity contribution in [1.29, 1.82) is 0 Å². The van der Waals surface area contributed by atoms with Gasteiger partial charge in [0.2, 0.25) is 0 Å². The standard InChI is InChI=1S/C17H26N2O2/c1-13(2)18-16-10-6-5-9-15(16)17(21)19-11-7-3-4-8-14(19)12-20/h5-6,9-10,13-14,18,20H,3-4,7-8,11-12H2,1-2H3. The predicted molar refractivity (Wildman–Crippen MR) is 85.6 cm³/mol. The van der Waals surface area contributed by atoms with Crippen LogP contribution >= 0.6 is 0 Å². The Hall–Kier alpha value is -1.55. The Morgan fingerprint density at radius 1 is 1.33 bits per heavy atom. The molecule has 1 saturated heterocycles. The molecule has 0 bridgehead atoms. The lowest BCUT2D eigenvalue weighted by molar-refractivity contribution is 0.0600. The van der Waals surface area contributed by atoms with Crippen LogP contribution in [0.1, 0.15) is 49.9 Å². The fourth-order valence-corrected chi connectivity index (χ4v) is 2.90. The fraction of sp³-hybridized carbons (Fsp3) is 0.588. The van der Waals surface area contributed by atoms with Crippen LogP contribution in [0.15, 0.2) is 24.3 Å². The third-order valence-electron chi connectivity index (χ3n) is 3.95. The molecule has 1 aromatic rings. The summed E-state index contributed by atoms with van der Waals surface area (Å²) in [6.45, 7) is 4.90. The number of amides is 1. The summed E-state index contributed by atoms with van der Waals surface area (Å²) in [5.41, 5.74) is 1.57. The van der Waals surface area contributed by atoms with Crippen molar-refractivity contribution in [2.75, 3.05) is 18.5 Å². The predicted octanol–water partition coefficient (Wildman–Crippen LogP) is 2.88. The average molecular weight is 290 g/mol. The molecule has 0 saturated carbocycles. The zero-order chi connectivity index (χ0) is 15.2. The topological polar surface area (TPSA) is 52.6 Å². The Bertz CT molecular complexity index is 474. The van der Waals surface area contributed by atoms with Gasteiger partial charge in [0.25, 0.3) is 5.91 Å². The van der Waals surface area contributed by atoms with Crippen molar-refractivity contribution >= 4 is 11.6 Å². The molecule has 1 amide bonds. The number of carbonyl (C=O) groups excluding carboxylic acids is 1. The molecular weight excluding hydrogens is 264 g/mol. The molecule has 1 aromatic carbocycles. The van der Waals surface area contributed by atoms with Crippen molar-refractivity contribution < 1.29 is 9.90 Å². The van der Waals surface area contributed by atoms with E-state index in [9.17, 15) is 9.90 Å². The van der Waals surface area contributed by atoms with E-state index in [1.807, 2.05) is 29.2 Å². The summed E-state index contributed by atoms with van der Waals surface area (Å²) in [5, 5.41) is 12.9. The first-order valence-electron chi connectivity index (χ1n) is 7.91. The second-order valence-electron chi connectivity index (χ2n) is 6.03. The van der Waals surface area contributed by atoms with Gasteiger partial charge in [0.15, 0.2) is 0 Å². The normalized spacial score (nSPS) is 19.4. The highest BCUT2D eigenvalue weighted by Crippen LogP contribution is 2.23. The van der Waals surface area contributed by atoms with Crippen molar-refractivity contribution in [2.45, 2.75) is 51.6 Å². The molecule has 1 fully saturated rings. The number of anilines is 1. The summed E-state index contributed by atoms with van der Waals surface area (Å²) >= 11 is 0. The summed E-state index contributed by atoms with van der Waals surface area (Å²) in [4.78, 5) is 14.8. The van der Waals surface area contributed by atoms with Crippen LogP contribution < -0.4 is 5.32 Å². The molecule has 1 aliphatic rings. The molecule has 2 rings (SSSR count). The Morgan fingerprint density at radius 2 is 2.10 bits per heavy atom. The Balaban J connectivity index is 2.25. The number of nitrogens with zero attached hydrogens (tertiary/aromatic N) is 1. The molecule has 0 aliphatic carbocycles. The summed E-state index contributed by atoms with van der Waals surface area (Å²) in [7, 11) is 0. The highest BCUT2D eigenvalue weighted by atomic mass is 16.3. The van der Waals surface area contributed by atoms with Crippen molar-refractivity contribution in [3.8, 4) is 0 Å². The number of hydrogen-bond donors (Lipinski definition) is 2. The Kier molecular flexibility index (Phi) is 5.62. The van der Waals surface area contributed by atoms with Gasteiger partial charge in [-0.05, 0) is 38.8 Å². The highest BCUT2D eigenvalue weighted by molar-refractivity contribution is 5.99. The summed E-state index contributed by atoms with van der Waals surface area (Å²) in [6.07, 6.45) is 4.12. The van der Waals surface area contributed by atoms with Gasteiger partial charge in [-0.25, -0.2) is 0 Å². The van der Waals surface area contributed by atoms with Gasteiger partial charge < -0.3 is 15.3 Å². The number of nitrogens with one attached hydrogen (secondary N) is 1. The largest absolute Gasteiger partial charge is 0.394 e. The second-order valence-corrected chi connectivity index (χ2v) is 6.03. The molecule has 2 N–H and O–H groups in total. The van der Waals surface area contributed by atoms with Crippen molar-refractivity contribution in [1.82, 2.24) is 4.90 Å². The zero-order valence-corrected chi connectivity index (χ0v) is 13.0. The summed E-state index contributed by atoms with van der Waals surface area (Å²) < 4.78 is 0. The lowest BCUT2D eigenvalue weighted by atomic mass is 10.1. The number of likely N-dealkylation sites (tertiary alicyclic amines) is 1. The van der Waals surface area contributed by atoms with Gasteiger partial charge in [0.05, 0.1) is 18.2 Å². The van der Waals surface area contributed by atoms with Gasteiger partial charge in [-0.1, -0.05) is 25.0 Å². The van der Waals surface area contributed by atoms with E-state index < -0.39 is 0 Å². The van der Waals surface area contributed by atoms with E-state index in [4.69, 9.17) is 0 Å². The number of hydrogen-bond acceptors (Lipinski definition) is 3. The number of aliphatic hydroxyl groups is 1. The minimum absolute atomic E-state index is 0.0275. The number of benzene rings is 1. The van der Waals surface area contributed by atoms with Crippen molar-refractivity contribution in [2.24, 2.45) is 0 Å². The monoisotopic (exact) mass is 290 g/mol. The van der Waals surface area contributed by atoms with E-state index in [-0.39, 0.29) is 24.6 Å². The molecule has 21 heavy (non-hydrogen) atoms. The molecule has 4 nitrogen and oxygen atoms in total. The second kappa shape index (κ2) is 7.46. The SMILES string of the molecule is CC(C)Nc1ccccc1C(=O)N1CCCCCC1CO. The smallest absolute Gasteiger partial charge is 0.256 e. The van der Waals surface area contributed by atoms with Gasteiger partial charge in [-0.3, -0.25) is 4.79 Å². The van der Waals surface area contributed by atoms with Gasteiger partial charge in [-0.15, -0.1) is 0 Å². The van der Waals surface area contributed by atoms with Crippen LogP contribution in [-0.2, 0) is 0 Å². The molecule has 0 spiro atoms.